The van der Waals surface area contributed by atoms with Crippen LogP contribution >= 0.6 is 0 Å². The van der Waals surface area contributed by atoms with Gasteiger partial charge in [0, 0.05) is 12.8 Å². The van der Waals surface area contributed by atoms with Crippen LogP contribution in [0.15, 0.2) is 24.3 Å². The molecule has 3 N–H and O–H groups in total. The number of aliphatic hydroxyl groups is 2. The van der Waals surface area contributed by atoms with Gasteiger partial charge in [-0.05, 0) is 77.0 Å². The molecule has 0 aliphatic carbocycles. The van der Waals surface area contributed by atoms with E-state index in [2.05, 4.69) is 43.5 Å². The first-order valence-electron chi connectivity index (χ1n) is 33.1. The summed E-state index contributed by atoms with van der Waals surface area (Å²) in [5.41, 5.74) is 0. The molecule has 432 valence electrons. The molecule has 2 atom stereocenters. The molecule has 0 spiro atoms. The van der Waals surface area contributed by atoms with Gasteiger partial charge in [0.2, 0.25) is 5.91 Å². The number of hydrogen-bond acceptors (Lipinski definition) is 5. The van der Waals surface area contributed by atoms with Crippen molar-refractivity contribution in [3.63, 3.8) is 0 Å². The molecule has 73 heavy (non-hydrogen) atoms. The summed E-state index contributed by atoms with van der Waals surface area (Å²) in [6, 6.07) is -0.549. The van der Waals surface area contributed by atoms with Crippen molar-refractivity contribution in [2.45, 2.75) is 379 Å². The molecule has 0 aromatic heterocycles. The zero-order valence-electron chi connectivity index (χ0n) is 49.4. The third-order valence-electron chi connectivity index (χ3n) is 15.5. The summed E-state index contributed by atoms with van der Waals surface area (Å²) >= 11 is 0. The molecule has 0 fully saturated rings. The van der Waals surface area contributed by atoms with Crippen LogP contribution in [-0.4, -0.2) is 47.4 Å². The van der Waals surface area contributed by atoms with Crippen molar-refractivity contribution in [1.29, 1.82) is 0 Å². The Morgan fingerprint density at radius 3 is 0.973 bits per heavy atom. The Morgan fingerprint density at radius 2 is 0.644 bits per heavy atom. The Labute approximate surface area is 456 Å². The topological polar surface area (TPSA) is 95.9 Å². The molecule has 0 aromatic rings. The third-order valence-corrected chi connectivity index (χ3v) is 15.5. The fourth-order valence-corrected chi connectivity index (χ4v) is 10.4. The van der Waals surface area contributed by atoms with Crippen molar-refractivity contribution in [3.05, 3.63) is 24.3 Å². The molecule has 0 aromatic carbocycles. The highest BCUT2D eigenvalue weighted by molar-refractivity contribution is 5.76. The monoisotopic (exact) mass is 1030 g/mol. The molecule has 0 bridgehead atoms. The molecule has 0 saturated heterocycles. The Hall–Kier alpha value is -1.66. The number of nitrogens with one attached hydrogen (secondary N) is 1. The average molecular weight is 1030 g/mol. The second-order valence-electron chi connectivity index (χ2n) is 22.8. The highest BCUT2D eigenvalue weighted by Crippen LogP contribution is 2.18. The second kappa shape index (κ2) is 62.9. The van der Waals surface area contributed by atoms with E-state index in [9.17, 15) is 19.8 Å². The van der Waals surface area contributed by atoms with E-state index in [0.29, 0.717) is 25.9 Å². The van der Waals surface area contributed by atoms with Gasteiger partial charge in [-0.15, -0.1) is 0 Å². The molecule has 0 aliphatic rings. The minimum absolute atomic E-state index is 0.00153. The number of carbonyl (C=O) groups excluding carboxylic acids is 2. The molecule has 0 aliphatic heterocycles. The minimum Gasteiger partial charge on any atom is -0.466 e. The van der Waals surface area contributed by atoms with Crippen molar-refractivity contribution in [2.75, 3.05) is 13.2 Å². The molecular weight excluding hydrogens is 899 g/mol. The Morgan fingerprint density at radius 1 is 0.370 bits per heavy atom. The van der Waals surface area contributed by atoms with Crippen LogP contribution in [-0.2, 0) is 14.3 Å². The maximum absolute atomic E-state index is 12.5. The molecule has 0 radical (unpaired) electrons. The van der Waals surface area contributed by atoms with Gasteiger partial charge in [0.05, 0.1) is 25.4 Å². The van der Waals surface area contributed by atoms with Crippen molar-refractivity contribution in [2.24, 2.45) is 0 Å². The van der Waals surface area contributed by atoms with Gasteiger partial charge in [0.1, 0.15) is 0 Å². The van der Waals surface area contributed by atoms with Crippen LogP contribution in [0.3, 0.4) is 0 Å². The van der Waals surface area contributed by atoms with E-state index in [1.165, 1.54) is 289 Å². The van der Waals surface area contributed by atoms with Crippen LogP contribution in [0.4, 0.5) is 0 Å². The van der Waals surface area contributed by atoms with Crippen LogP contribution in [0.2, 0.25) is 0 Å². The first kappa shape index (κ1) is 71.3. The predicted molar refractivity (Wildman–Crippen MR) is 320 cm³/mol. The van der Waals surface area contributed by atoms with E-state index in [0.717, 1.165) is 44.9 Å². The number of allylic oxidation sites excluding steroid dienone is 4. The Bertz CT molecular complexity index is 1140. The number of rotatable bonds is 62. The van der Waals surface area contributed by atoms with E-state index >= 15 is 0 Å². The predicted octanol–water partition coefficient (Wildman–Crippen LogP) is 21.0. The van der Waals surface area contributed by atoms with Gasteiger partial charge < -0.3 is 20.3 Å². The standard InChI is InChI=1S/C67H129NO5/c1-3-5-7-9-11-13-15-17-19-20-21-22-23-26-29-32-35-39-43-47-51-55-59-65(70)64(63-69)68-66(71)60-56-52-48-44-40-36-33-30-27-24-25-28-31-34-38-42-46-50-54-58-62-73-67(72)61-57-53-49-45-41-37-18-16-14-12-10-8-6-4-2/h16,18,24,27,64-65,69-70H,3-15,17,19-23,25-26,28-63H2,1-2H3,(H,68,71)/b18-16-,27-24-. The molecule has 6 heteroatoms. The molecule has 6 nitrogen and oxygen atoms in total. The van der Waals surface area contributed by atoms with E-state index in [1.807, 2.05) is 0 Å². The average Bonchev–Trinajstić information content (AvgIpc) is 3.39. The summed E-state index contributed by atoms with van der Waals surface area (Å²) in [4.78, 5) is 24.6. The quantitative estimate of drug-likeness (QED) is 0.0320. The van der Waals surface area contributed by atoms with Crippen molar-refractivity contribution < 1.29 is 24.5 Å². The lowest BCUT2D eigenvalue weighted by Crippen LogP contribution is -2.45. The van der Waals surface area contributed by atoms with Gasteiger partial charge in [0.15, 0.2) is 0 Å². The zero-order valence-corrected chi connectivity index (χ0v) is 49.4. The van der Waals surface area contributed by atoms with Crippen LogP contribution in [0.5, 0.6) is 0 Å². The van der Waals surface area contributed by atoms with Crippen LogP contribution < -0.4 is 5.32 Å². The van der Waals surface area contributed by atoms with Gasteiger partial charge in [-0.1, -0.05) is 301 Å². The summed E-state index contributed by atoms with van der Waals surface area (Å²) in [6.45, 7) is 4.96. The first-order chi connectivity index (χ1) is 36.0. The van der Waals surface area contributed by atoms with Gasteiger partial charge in [0.25, 0.3) is 0 Å². The van der Waals surface area contributed by atoms with Crippen molar-refractivity contribution in [3.8, 4) is 0 Å². The summed E-state index contributed by atoms with van der Waals surface area (Å²) in [7, 11) is 0. The van der Waals surface area contributed by atoms with Crippen LogP contribution in [0, 0.1) is 0 Å². The van der Waals surface area contributed by atoms with Crippen LogP contribution in [0.1, 0.15) is 367 Å². The minimum atomic E-state index is -0.671. The number of carbonyl (C=O) groups is 2. The number of aliphatic hydroxyl groups excluding tert-OH is 2. The van der Waals surface area contributed by atoms with E-state index in [-0.39, 0.29) is 18.5 Å². The van der Waals surface area contributed by atoms with E-state index in [4.69, 9.17) is 4.74 Å². The van der Waals surface area contributed by atoms with Crippen LogP contribution in [0.25, 0.3) is 0 Å². The van der Waals surface area contributed by atoms with Crippen molar-refractivity contribution >= 4 is 11.9 Å². The SMILES string of the molecule is CCCCCCC/C=C\CCCCCCCC(=O)OCCCCCCCCCCC/C=C\CCCCCCCCCC(=O)NC(CO)C(O)CCCCCCCCCCCCCCCCCCCCCCCC. The molecule has 0 heterocycles. The molecule has 2 unspecified atom stereocenters. The van der Waals surface area contributed by atoms with E-state index in [1.54, 1.807) is 0 Å². The lowest BCUT2D eigenvalue weighted by Gasteiger charge is -2.22. The van der Waals surface area contributed by atoms with Crippen molar-refractivity contribution in [1.82, 2.24) is 5.32 Å². The smallest absolute Gasteiger partial charge is 0.305 e. The number of unbranched alkanes of at least 4 members (excludes halogenated alkanes) is 47. The maximum Gasteiger partial charge on any atom is 0.305 e. The van der Waals surface area contributed by atoms with Gasteiger partial charge in [-0.3, -0.25) is 9.59 Å². The van der Waals surface area contributed by atoms with Gasteiger partial charge >= 0.3 is 5.97 Å². The van der Waals surface area contributed by atoms with Gasteiger partial charge in [-0.25, -0.2) is 0 Å². The number of hydrogen-bond donors (Lipinski definition) is 3. The van der Waals surface area contributed by atoms with Gasteiger partial charge in [-0.2, -0.15) is 0 Å². The summed E-state index contributed by atoms with van der Waals surface area (Å²) in [5.74, 6) is -0.0415. The molecule has 1 amide bonds. The largest absolute Gasteiger partial charge is 0.466 e. The summed E-state index contributed by atoms with van der Waals surface area (Å²) < 4.78 is 5.48. The molecule has 0 rings (SSSR count). The van der Waals surface area contributed by atoms with E-state index < -0.39 is 12.1 Å². The second-order valence-corrected chi connectivity index (χ2v) is 22.8. The highest BCUT2D eigenvalue weighted by Gasteiger charge is 2.20. The fourth-order valence-electron chi connectivity index (χ4n) is 10.4. The maximum atomic E-state index is 12.5. The first-order valence-corrected chi connectivity index (χ1v) is 33.1. The zero-order chi connectivity index (χ0) is 52.9. The Balaban J connectivity index is 3.43. The fraction of sp³-hybridized carbons (Fsp3) is 0.910. The highest BCUT2D eigenvalue weighted by atomic mass is 16.5. The molecular formula is C67H129NO5. The number of esters is 1. The summed E-state index contributed by atoms with van der Waals surface area (Å²) in [5, 5.41) is 23.4. The molecule has 0 saturated carbocycles. The normalized spacial score (nSPS) is 12.7. The lowest BCUT2D eigenvalue weighted by atomic mass is 10.0. The Kier molecular flexibility index (Phi) is 61.4. The number of ether oxygens (including phenoxy) is 1. The summed E-state index contributed by atoms with van der Waals surface area (Å²) in [6.07, 6.45) is 77.7. The third kappa shape index (κ3) is 59.4. The lowest BCUT2D eigenvalue weighted by molar-refractivity contribution is -0.143. The number of amides is 1.